The van der Waals surface area contributed by atoms with Gasteiger partial charge in [0, 0.05) is 5.39 Å². The molecule has 0 saturated heterocycles. The third-order valence-corrected chi connectivity index (χ3v) is 7.89. The Morgan fingerprint density at radius 2 is 1.78 bits per heavy atom. The third kappa shape index (κ3) is 5.15. The highest BCUT2D eigenvalue weighted by Crippen LogP contribution is 2.46. The number of carboxylic acid groups (broad SMARTS) is 1. The van der Waals surface area contributed by atoms with E-state index in [1.807, 2.05) is 60.7 Å². The molecule has 0 amide bonds. The number of fused-ring (bicyclic) bond motifs is 2. The highest BCUT2D eigenvalue weighted by Gasteiger charge is 2.36. The van der Waals surface area contributed by atoms with E-state index in [0.29, 0.717) is 29.9 Å². The summed E-state index contributed by atoms with van der Waals surface area (Å²) in [5.41, 5.74) is 6.07. The summed E-state index contributed by atoms with van der Waals surface area (Å²) in [6.45, 7) is 7.29. The first-order valence-electron chi connectivity index (χ1n) is 13.0. The molecule has 1 aliphatic carbocycles. The number of aromatic nitrogens is 1. The fourth-order valence-electron chi connectivity index (χ4n) is 5.25. The first-order valence-corrected chi connectivity index (χ1v) is 13.0. The zero-order chi connectivity index (χ0) is 26.0. The Bertz CT molecular complexity index is 1470. The highest BCUT2D eigenvalue weighted by molar-refractivity contribution is 6.06. The Morgan fingerprint density at radius 3 is 2.54 bits per heavy atom. The van der Waals surface area contributed by atoms with E-state index in [9.17, 15) is 9.90 Å². The number of hydrogen-bond donors (Lipinski definition) is 1. The van der Waals surface area contributed by atoms with Crippen LogP contribution in [-0.2, 0) is 13.0 Å². The minimum atomic E-state index is -0.888. The van der Waals surface area contributed by atoms with E-state index < -0.39 is 5.97 Å². The van der Waals surface area contributed by atoms with E-state index in [1.165, 1.54) is 0 Å². The van der Waals surface area contributed by atoms with Gasteiger partial charge in [0.25, 0.3) is 0 Å². The molecular formula is C33H33NO3. The smallest absolute Gasteiger partial charge is 0.336 e. The lowest BCUT2D eigenvalue weighted by molar-refractivity contribution is 0.0696. The average Bonchev–Trinajstić information content (AvgIpc) is 2.91. The first kappa shape index (κ1) is 24.8. The molecule has 37 heavy (non-hydrogen) atoms. The number of ether oxygens (including phenoxy) is 1. The molecule has 4 heteroatoms. The lowest BCUT2D eigenvalue weighted by Gasteiger charge is -2.38. The highest BCUT2D eigenvalue weighted by atomic mass is 16.5. The van der Waals surface area contributed by atoms with Crippen molar-refractivity contribution in [2.24, 2.45) is 11.3 Å². The van der Waals surface area contributed by atoms with E-state index in [-0.39, 0.29) is 5.41 Å². The van der Waals surface area contributed by atoms with E-state index in [4.69, 9.17) is 9.72 Å². The topological polar surface area (TPSA) is 59.4 Å². The number of nitrogens with zero attached hydrogens (tertiary/aromatic N) is 1. The van der Waals surface area contributed by atoms with Gasteiger partial charge >= 0.3 is 5.97 Å². The molecule has 1 aliphatic rings. The number of aromatic carboxylic acids is 1. The van der Waals surface area contributed by atoms with Gasteiger partial charge < -0.3 is 9.84 Å². The Hall–Kier alpha value is -3.92. The van der Waals surface area contributed by atoms with Crippen molar-refractivity contribution >= 4 is 28.5 Å². The van der Waals surface area contributed by atoms with Crippen molar-refractivity contribution in [2.45, 2.75) is 46.6 Å². The molecule has 1 heterocycles. The Balaban J connectivity index is 1.59. The number of pyridine rings is 1. The van der Waals surface area contributed by atoms with Crippen molar-refractivity contribution < 1.29 is 14.6 Å². The van der Waals surface area contributed by atoms with E-state index >= 15 is 0 Å². The van der Waals surface area contributed by atoms with Gasteiger partial charge in [0.15, 0.2) is 0 Å². The minimum absolute atomic E-state index is 0.0683. The maximum absolute atomic E-state index is 12.5. The van der Waals surface area contributed by atoms with Crippen LogP contribution in [0.1, 0.15) is 66.4 Å². The summed E-state index contributed by atoms with van der Waals surface area (Å²) >= 11 is 0. The number of hydrogen-bond acceptors (Lipinski definition) is 3. The maximum Gasteiger partial charge on any atom is 0.336 e. The number of rotatable bonds is 7. The molecule has 0 saturated carbocycles. The normalized spacial score (nSPS) is 16.5. The molecule has 4 nitrogen and oxygen atoms in total. The van der Waals surface area contributed by atoms with Crippen LogP contribution >= 0.6 is 0 Å². The van der Waals surface area contributed by atoms with Crippen molar-refractivity contribution in [1.82, 2.24) is 4.98 Å². The molecule has 4 aromatic rings. The SMILES string of the molecule is CCC(C)(C)C1CC(=Cc2cccc(OCc3ccccc3)c2)c2nc3ccccc3c(C(=O)O)c2C1. The van der Waals surface area contributed by atoms with Gasteiger partial charge in [-0.1, -0.05) is 87.9 Å². The van der Waals surface area contributed by atoms with Crippen LogP contribution in [0.4, 0.5) is 0 Å². The van der Waals surface area contributed by atoms with Gasteiger partial charge in [-0.15, -0.1) is 0 Å². The summed E-state index contributed by atoms with van der Waals surface area (Å²) in [4.78, 5) is 17.6. The summed E-state index contributed by atoms with van der Waals surface area (Å²) in [7, 11) is 0. The van der Waals surface area contributed by atoms with Crippen LogP contribution in [0.25, 0.3) is 22.6 Å². The quantitative estimate of drug-likeness (QED) is 0.284. The molecular weight excluding hydrogens is 458 g/mol. The summed E-state index contributed by atoms with van der Waals surface area (Å²) in [5, 5.41) is 11.0. The number of allylic oxidation sites excluding steroid dienone is 1. The summed E-state index contributed by atoms with van der Waals surface area (Å²) in [6.07, 6.45) is 4.76. The second kappa shape index (κ2) is 10.2. The fourth-order valence-corrected chi connectivity index (χ4v) is 5.25. The largest absolute Gasteiger partial charge is 0.489 e. The Labute approximate surface area is 218 Å². The number of carboxylic acids is 1. The zero-order valence-electron chi connectivity index (χ0n) is 21.7. The van der Waals surface area contributed by atoms with Crippen LogP contribution in [-0.4, -0.2) is 16.1 Å². The van der Waals surface area contributed by atoms with Crippen LogP contribution in [0, 0.1) is 11.3 Å². The van der Waals surface area contributed by atoms with Crippen molar-refractivity contribution in [1.29, 1.82) is 0 Å². The molecule has 1 unspecified atom stereocenters. The molecule has 5 rings (SSSR count). The van der Waals surface area contributed by atoms with Gasteiger partial charge in [-0.05, 0) is 70.7 Å². The van der Waals surface area contributed by atoms with Crippen molar-refractivity contribution in [3.05, 3.63) is 107 Å². The molecule has 1 aromatic heterocycles. The van der Waals surface area contributed by atoms with Gasteiger partial charge in [-0.2, -0.15) is 0 Å². The van der Waals surface area contributed by atoms with E-state index in [1.54, 1.807) is 0 Å². The number of benzene rings is 3. The fraction of sp³-hybridized carbons (Fsp3) is 0.273. The Kier molecular flexibility index (Phi) is 6.84. The van der Waals surface area contributed by atoms with Gasteiger partial charge in [-0.25, -0.2) is 9.78 Å². The second-order valence-corrected chi connectivity index (χ2v) is 10.6. The first-order chi connectivity index (χ1) is 17.9. The van der Waals surface area contributed by atoms with Crippen LogP contribution < -0.4 is 4.74 Å². The van der Waals surface area contributed by atoms with E-state index in [0.717, 1.165) is 52.1 Å². The van der Waals surface area contributed by atoms with Gasteiger partial charge in [-0.3, -0.25) is 0 Å². The Morgan fingerprint density at radius 1 is 1.03 bits per heavy atom. The van der Waals surface area contributed by atoms with Gasteiger partial charge in [0.05, 0.1) is 16.8 Å². The van der Waals surface area contributed by atoms with Crippen LogP contribution in [0.3, 0.4) is 0 Å². The average molecular weight is 492 g/mol. The maximum atomic E-state index is 12.5. The molecule has 1 N–H and O–H groups in total. The number of para-hydroxylation sites is 1. The molecule has 0 spiro atoms. The summed E-state index contributed by atoms with van der Waals surface area (Å²) < 4.78 is 6.07. The predicted octanol–water partition coefficient (Wildman–Crippen LogP) is 8.05. The summed E-state index contributed by atoms with van der Waals surface area (Å²) in [6, 6.07) is 25.8. The standard InChI is InChI=1S/C33H33NO3/c1-4-33(2,3)25-19-24(17-23-13-10-14-26(18-23)37-21-22-11-6-5-7-12-22)31-28(20-25)30(32(35)36)27-15-8-9-16-29(27)34-31/h5-18,25H,4,19-21H2,1-3H3,(H,35,36). The minimum Gasteiger partial charge on any atom is -0.489 e. The molecule has 3 aromatic carbocycles. The van der Waals surface area contributed by atoms with Crippen LogP contribution in [0.15, 0.2) is 78.9 Å². The molecule has 0 bridgehead atoms. The zero-order valence-corrected chi connectivity index (χ0v) is 21.7. The third-order valence-electron chi connectivity index (χ3n) is 7.89. The molecule has 0 radical (unpaired) electrons. The van der Waals surface area contributed by atoms with Crippen molar-refractivity contribution in [3.63, 3.8) is 0 Å². The van der Waals surface area contributed by atoms with E-state index in [2.05, 4.69) is 45.0 Å². The lowest BCUT2D eigenvalue weighted by Crippen LogP contribution is -2.30. The molecule has 188 valence electrons. The monoisotopic (exact) mass is 491 g/mol. The lowest BCUT2D eigenvalue weighted by atomic mass is 9.67. The van der Waals surface area contributed by atoms with Crippen LogP contribution in [0.5, 0.6) is 5.75 Å². The van der Waals surface area contributed by atoms with Gasteiger partial charge in [0.1, 0.15) is 12.4 Å². The van der Waals surface area contributed by atoms with Gasteiger partial charge in [0.2, 0.25) is 0 Å². The molecule has 0 aliphatic heterocycles. The van der Waals surface area contributed by atoms with Crippen molar-refractivity contribution in [2.75, 3.05) is 0 Å². The predicted molar refractivity (Wildman–Crippen MR) is 150 cm³/mol. The molecule has 1 atom stereocenters. The van der Waals surface area contributed by atoms with Crippen LogP contribution in [0.2, 0.25) is 0 Å². The number of carbonyl (C=O) groups is 1. The van der Waals surface area contributed by atoms with Crippen molar-refractivity contribution in [3.8, 4) is 5.75 Å². The molecule has 0 fully saturated rings. The second-order valence-electron chi connectivity index (χ2n) is 10.6. The summed E-state index contributed by atoms with van der Waals surface area (Å²) in [5.74, 6) is 0.229.